The highest BCUT2D eigenvalue weighted by Crippen LogP contribution is 2.24. The molecule has 26 heavy (non-hydrogen) atoms. The standard InChI is InChI=1S/C17H11F2N5O2/c18-10-1-4-15(13(19)5-10)24-8-9(7-20-24)17(26)21-16-12-3-2-11(25)6-14(12)22-23-16/h1-8,25H,(H2,21,22,23,26). The molecule has 0 atom stereocenters. The van der Waals surface area contributed by atoms with Crippen LogP contribution in [0.4, 0.5) is 14.6 Å². The average molecular weight is 355 g/mol. The van der Waals surface area contributed by atoms with Crippen LogP contribution >= 0.6 is 0 Å². The first-order valence-corrected chi connectivity index (χ1v) is 7.50. The topological polar surface area (TPSA) is 95.8 Å². The van der Waals surface area contributed by atoms with Crippen LogP contribution in [-0.2, 0) is 0 Å². The van der Waals surface area contributed by atoms with Crippen LogP contribution in [0.3, 0.4) is 0 Å². The van der Waals surface area contributed by atoms with Gasteiger partial charge in [0.1, 0.15) is 17.3 Å². The number of carbonyl (C=O) groups excluding carboxylic acids is 1. The molecule has 2 aromatic carbocycles. The lowest BCUT2D eigenvalue weighted by Crippen LogP contribution is -2.11. The summed E-state index contributed by atoms with van der Waals surface area (Å²) in [5.74, 6) is -1.64. The van der Waals surface area contributed by atoms with Gasteiger partial charge in [-0.05, 0) is 24.3 Å². The van der Waals surface area contributed by atoms with Crippen LogP contribution in [0.5, 0.6) is 5.75 Å². The average Bonchev–Trinajstić information content (AvgIpc) is 3.22. The number of aromatic hydroxyl groups is 1. The van der Waals surface area contributed by atoms with Crippen molar-refractivity contribution >= 4 is 22.6 Å². The van der Waals surface area contributed by atoms with Gasteiger partial charge in [-0.3, -0.25) is 9.89 Å². The summed E-state index contributed by atoms with van der Waals surface area (Å²) in [5.41, 5.74) is 0.749. The number of benzene rings is 2. The van der Waals surface area contributed by atoms with Gasteiger partial charge in [0.15, 0.2) is 11.6 Å². The summed E-state index contributed by atoms with van der Waals surface area (Å²) < 4.78 is 28.0. The lowest BCUT2D eigenvalue weighted by Gasteiger charge is -2.03. The maximum atomic E-state index is 13.8. The second-order valence-electron chi connectivity index (χ2n) is 5.53. The number of aromatic amines is 1. The first kappa shape index (κ1) is 15.8. The fourth-order valence-corrected chi connectivity index (χ4v) is 2.52. The zero-order chi connectivity index (χ0) is 18.3. The van der Waals surface area contributed by atoms with Crippen LogP contribution in [0, 0.1) is 11.6 Å². The van der Waals surface area contributed by atoms with Gasteiger partial charge in [0.05, 0.1) is 17.3 Å². The molecule has 0 saturated heterocycles. The molecule has 9 heteroatoms. The van der Waals surface area contributed by atoms with Gasteiger partial charge in [0.2, 0.25) is 0 Å². The number of anilines is 1. The fourth-order valence-electron chi connectivity index (χ4n) is 2.52. The number of nitrogens with one attached hydrogen (secondary N) is 2. The summed E-state index contributed by atoms with van der Waals surface area (Å²) in [6.07, 6.45) is 2.59. The van der Waals surface area contributed by atoms with E-state index in [9.17, 15) is 18.7 Å². The molecule has 130 valence electrons. The lowest BCUT2D eigenvalue weighted by molar-refractivity contribution is 0.102. The first-order valence-electron chi connectivity index (χ1n) is 7.50. The van der Waals surface area contributed by atoms with E-state index in [0.717, 1.165) is 16.8 Å². The molecule has 0 bridgehead atoms. The Hall–Kier alpha value is -3.75. The Morgan fingerprint density at radius 3 is 2.85 bits per heavy atom. The van der Waals surface area contributed by atoms with E-state index in [1.165, 1.54) is 30.6 Å². The van der Waals surface area contributed by atoms with Gasteiger partial charge < -0.3 is 10.4 Å². The van der Waals surface area contributed by atoms with Gasteiger partial charge in [-0.1, -0.05) is 0 Å². The van der Waals surface area contributed by atoms with Crippen LogP contribution in [0.2, 0.25) is 0 Å². The molecule has 1 amide bonds. The summed E-state index contributed by atoms with van der Waals surface area (Å²) >= 11 is 0. The maximum absolute atomic E-state index is 13.8. The van der Waals surface area contributed by atoms with Crippen molar-refractivity contribution in [2.45, 2.75) is 0 Å². The third kappa shape index (κ3) is 2.75. The monoisotopic (exact) mass is 355 g/mol. The molecule has 4 rings (SSSR count). The number of hydrogen-bond donors (Lipinski definition) is 3. The zero-order valence-corrected chi connectivity index (χ0v) is 13.1. The summed E-state index contributed by atoms with van der Waals surface area (Å²) in [4.78, 5) is 12.4. The third-order valence-corrected chi connectivity index (χ3v) is 3.78. The van der Waals surface area contributed by atoms with Crippen LogP contribution in [0.15, 0.2) is 48.8 Å². The number of rotatable bonds is 3. The van der Waals surface area contributed by atoms with Crippen molar-refractivity contribution in [2.24, 2.45) is 0 Å². The molecular formula is C17H11F2N5O2. The predicted octanol–water partition coefficient (Wildman–Crippen LogP) is 2.98. The molecule has 0 aliphatic heterocycles. The Morgan fingerprint density at radius 1 is 1.19 bits per heavy atom. The minimum atomic E-state index is -0.793. The summed E-state index contributed by atoms with van der Waals surface area (Å²) in [6.45, 7) is 0. The Morgan fingerprint density at radius 2 is 2.04 bits per heavy atom. The predicted molar refractivity (Wildman–Crippen MR) is 89.2 cm³/mol. The highest BCUT2D eigenvalue weighted by Gasteiger charge is 2.15. The minimum Gasteiger partial charge on any atom is -0.508 e. The maximum Gasteiger partial charge on any atom is 0.260 e. The second kappa shape index (κ2) is 5.96. The quantitative estimate of drug-likeness (QED) is 0.526. The van der Waals surface area contributed by atoms with Crippen molar-refractivity contribution in [1.82, 2.24) is 20.0 Å². The smallest absolute Gasteiger partial charge is 0.260 e. The van der Waals surface area contributed by atoms with Crippen LogP contribution in [0.1, 0.15) is 10.4 Å². The Kier molecular flexibility index (Phi) is 3.61. The van der Waals surface area contributed by atoms with Crippen molar-refractivity contribution in [3.05, 3.63) is 66.0 Å². The molecule has 2 heterocycles. The third-order valence-electron chi connectivity index (χ3n) is 3.78. The molecule has 0 aliphatic carbocycles. The molecule has 0 fully saturated rings. The van der Waals surface area contributed by atoms with E-state index in [1.54, 1.807) is 6.07 Å². The molecule has 0 saturated carbocycles. The number of fused-ring (bicyclic) bond motifs is 1. The van der Waals surface area contributed by atoms with Crippen molar-refractivity contribution in [3.8, 4) is 11.4 Å². The second-order valence-corrected chi connectivity index (χ2v) is 5.53. The van der Waals surface area contributed by atoms with Gasteiger partial charge in [-0.15, -0.1) is 0 Å². The van der Waals surface area contributed by atoms with Crippen LogP contribution < -0.4 is 5.32 Å². The van der Waals surface area contributed by atoms with Crippen molar-refractivity contribution in [3.63, 3.8) is 0 Å². The number of nitrogens with zero attached hydrogens (tertiary/aromatic N) is 3. The first-order chi connectivity index (χ1) is 12.5. The van der Waals surface area contributed by atoms with Gasteiger partial charge in [-0.2, -0.15) is 10.2 Å². The van der Waals surface area contributed by atoms with Gasteiger partial charge in [0, 0.05) is 23.7 Å². The fraction of sp³-hybridized carbons (Fsp3) is 0. The highest BCUT2D eigenvalue weighted by atomic mass is 19.1. The van der Waals surface area contributed by atoms with E-state index in [0.29, 0.717) is 10.9 Å². The van der Waals surface area contributed by atoms with E-state index in [2.05, 4.69) is 20.6 Å². The molecule has 0 spiro atoms. The summed E-state index contributed by atoms with van der Waals surface area (Å²) in [5, 5.41) is 23.3. The number of carbonyl (C=O) groups is 1. The summed E-state index contributed by atoms with van der Waals surface area (Å²) in [7, 11) is 0. The van der Waals surface area contributed by atoms with Gasteiger partial charge >= 0.3 is 0 Å². The minimum absolute atomic E-state index is 0.0196. The van der Waals surface area contributed by atoms with E-state index >= 15 is 0 Å². The van der Waals surface area contributed by atoms with Crippen LogP contribution in [0.25, 0.3) is 16.6 Å². The number of aromatic nitrogens is 4. The molecule has 0 unspecified atom stereocenters. The van der Waals surface area contributed by atoms with E-state index in [4.69, 9.17) is 0 Å². The number of phenols is 1. The Bertz CT molecular complexity index is 1140. The van der Waals surface area contributed by atoms with E-state index in [1.807, 2.05) is 0 Å². The molecule has 0 radical (unpaired) electrons. The normalized spacial score (nSPS) is 11.0. The van der Waals surface area contributed by atoms with Crippen molar-refractivity contribution in [1.29, 1.82) is 0 Å². The largest absolute Gasteiger partial charge is 0.508 e. The Balaban J connectivity index is 1.60. The highest BCUT2D eigenvalue weighted by molar-refractivity contribution is 6.07. The zero-order valence-electron chi connectivity index (χ0n) is 13.1. The van der Waals surface area contributed by atoms with E-state index < -0.39 is 17.5 Å². The molecule has 7 nitrogen and oxygen atoms in total. The lowest BCUT2D eigenvalue weighted by atomic mass is 10.2. The van der Waals surface area contributed by atoms with Gasteiger partial charge in [-0.25, -0.2) is 13.5 Å². The molecule has 4 aromatic rings. The van der Waals surface area contributed by atoms with E-state index in [-0.39, 0.29) is 22.8 Å². The molecular weight excluding hydrogens is 344 g/mol. The van der Waals surface area contributed by atoms with Crippen molar-refractivity contribution in [2.75, 3.05) is 5.32 Å². The summed E-state index contributed by atoms with van der Waals surface area (Å²) in [6, 6.07) is 7.64. The number of halogens is 2. The molecule has 2 aromatic heterocycles. The number of hydrogen-bond acceptors (Lipinski definition) is 4. The number of H-pyrrole nitrogens is 1. The molecule has 3 N–H and O–H groups in total. The van der Waals surface area contributed by atoms with Gasteiger partial charge in [0.25, 0.3) is 5.91 Å². The number of amides is 1. The SMILES string of the molecule is O=C(Nc1n[nH]c2cc(O)ccc12)c1cnn(-c2ccc(F)cc2F)c1. The van der Waals surface area contributed by atoms with Crippen LogP contribution in [-0.4, -0.2) is 31.0 Å². The molecule has 0 aliphatic rings. The Labute approximate surface area is 144 Å². The number of phenolic OH excluding ortho intramolecular Hbond substituents is 1. The van der Waals surface area contributed by atoms with Crippen molar-refractivity contribution < 1.29 is 18.7 Å².